The number of nitrogens with two attached hydrogens (primary N) is 2. The van der Waals surface area contributed by atoms with Crippen LogP contribution >= 0.6 is 0 Å². The van der Waals surface area contributed by atoms with Crippen molar-refractivity contribution in [3.63, 3.8) is 0 Å². The Labute approximate surface area is 113 Å². The van der Waals surface area contributed by atoms with Gasteiger partial charge >= 0.3 is 0 Å². The minimum Gasteiger partial charge on any atom is -0.368 e. The van der Waals surface area contributed by atoms with Gasteiger partial charge in [-0.15, -0.1) is 0 Å². The number of carbonyl (C=O) groups excluding carboxylic acids is 1. The van der Waals surface area contributed by atoms with Crippen molar-refractivity contribution < 1.29 is 13.2 Å². The van der Waals surface area contributed by atoms with Crippen molar-refractivity contribution in [2.45, 2.75) is 37.2 Å². The number of amides is 1. The topological polar surface area (TPSA) is 115 Å². The maximum absolute atomic E-state index is 12.1. The molecular formula is C12H19N3O3S. The third-order valence-corrected chi connectivity index (χ3v) is 4.33. The first kappa shape index (κ1) is 15.6. The Hall–Kier alpha value is -1.44. The predicted octanol–water partition coefficient (Wildman–Crippen LogP) is 0.249. The number of sulfonamides is 1. The third-order valence-electron chi connectivity index (χ3n) is 2.80. The molecule has 19 heavy (non-hydrogen) atoms. The van der Waals surface area contributed by atoms with Crippen LogP contribution in [0.5, 0.6) is 0 Å². The van der Waals surface area contributed by atoms with Crippen LogP contribution < -0.4 is 16.2 Å². The van der Waals surface area contributed by atoms with Gasteiger partial charge in [-0.25, -0.2) is 8.42 Å². The second-order valence-electron chi connectivity index (χ2n) is 4.33. The lowest BCUT2D eigenvalue weighted by atomic mass is 10.1. The summed E-state index contributed by atoms with van der Waals surface area (Å²) in [6.45, 7) is 3.31. The van der Waals surface area contributed by atoms with Gasteiger partial charge in [0, 0.05) is 6.04 Å². The van der Waals surface area contributed by atoms with Crippen LogP contribution in [0.4, 0.5) is 0 Å². The molecule has 7 heteroatoms. The fraction of sp³-hybridized carbons (Fsp3) is 0.417. The largest absolute Gasteiger partial charge is 0.368 e. The Morgan fingerprint density at radius 2 is 2.05 bits per heavy atom. The molecule has 2 atom stereocenters. The van der Waals surface area contributed by atoms with E-state index in [-0.39, 0.29) is 10.9 Å². The summed E-state index contributed by atoms with van der Waals surface area (Å²) in [6, 6.07) is 5.16. The lowest BCUT2D eigenvalue weighted by molar-refractivity contribution is -0.119. The van der Waals surface area contributed by atoms with Gasteiger partial charge in [0.1, 0.15) is 0 Å². The van der Waals surface area contributed by atoms with E-state index in [0.717, 1.165) is 5.56 Å². The fourth-order valence-corrected chi connectivity index (χ4v) is 2.77. The number of primary amides is 1. The van der Waals surface area contributed by atoms with Gasteiger partial charge in [0.2, 0.25) is 15.9 Å². The summed E-state index contributed by atoms with van der Waals surface area (Å²) in [6.07, 6.45) is 0.703. The van der Waals surface area contributed by atoms with E-state index < -0.39 is 22.0 Å². The van der Waals surface area contributed by atoms with Gasteiger partial charge in [-0.3, -0.25) is 4.79 Å². The molecule has 1 rings (SSSR count). The van der Waals surface area contributed by atoms with E-state index in [1.807, 2.05) is 6.92 Å². The minimum absolute atomic E-state index is 0.0713. The Balaban J connectivity index is 3.05. The van der Waals surface area contributed by atoms with Crippen LogP contribution in [0.3, 0.4) is 0 Å². The van der Waals surface area contributed by atoms with Crippen molar-refractivity contribution in [1.82, 2.24) is 4.72 Å². The molecule has 0 aliphatic rings. The maximum Gasteiger partial charge on any atom is 0.241 e. The number of rotatable bonds is 6. The summed E-state index contributed by atoms with van der Waals surface area (Å²) in [5.41, 5.74) is 11.6. The van der Waals surface area contributed by atoms with Crippen LogP contribution in [0, 0.1) is 0 Å². The quantitative estimate of drug-likeness (QED) is 0.694. The number of hydrogen-bond acceptors (Lipinski definition) is 4. The fourth-order valence-electron chi connectivity index (χ4n) is 1.51. The van der Waals surface area contributed by atoms with Crippen molar-refractivity contribution in [3.05, 3.63) is 29.8 Å². The van der Waals surface area contributed by atoms with Crippen molar-refractivity contribution in [1.29, 1.82) is 0 Å². The van der Waals surface area contributed by atoms with E-state index in [9.17, 15) is 13.2 Å². The van der Waals surface area contributed by atoms with Crippen molar-refractivity contribution in [2.75, 3.05) is 0 Å². The predicted molar refractivity (Wildman–Crippen MR) is 72.6 cm³/mol. The Kier molecular flexibility index (Phi) is 5.04. The van der Waals surface area contributed by atoms with Crippen LogP contribution in [0.2, 0.25) is 0 Å². The van der Waals surface area contributed by atoms with E-state index in [0.29, 0.717) is 6.42 Å². The van der Waals surface area contributed by atoms with Gasteiger partial charge in [-0.05, 0) is 31.0 Å². The zero-order valence-corrected chi connectivity index (χ0v) is 11.8. The molecule has 0 saturated heterocycles. The first-order valence-corrected chi connectivity index (χ1v) is 7.43. The van der Waals surface area contributed by atoms with E-state index >= 15 is 0 Å². The summed E-state index contributed by atoms with van der Waals surface area (Å²) in [7, 11) is -3.78. The van der Waals surface area contributed by atoms with E-state index in [1.165, 1.54) is 19.1 Å². The summed E-state index contributed by atoms with van der Waals surface area (Å²) >= 11 is 0. The smallest absolute Gasteiger partial charge is 0.241 e. The Morgan fingerprint density at radius 3 is 2.58 bits per heavy atom. The average Bonchev–Trinajstić information content (AvgIpc) is 2.37. The number of nitrogens with one attached hydrogen (secondary N) is 1. The van der Waals surface area contributed by atoms with Crippen LogP contribution in [-0.4, -0.2) is 20.4 Å². The van der Waals surface area contributed by atoms with E-state index in [4.69, 9.17) is 11.5 Å². The van der Waals surface area contributed by atoms with Crippen LogP contribution in [0.1, 0.15) is 31.9 Å². The van der Waals surface area contributed by atoms with Crippen molar-refractivity contribution >= 4 is 15.9 Å². The molecule has 1 amide bonds. The van der Waals surface area contributed by atoms with Crippen LogP contribution in [0.25, 0.3) is 0 Å². The molecular weight excluding hydrogens is 266 g/mol. The summed E-state index contributed by atoms with van der Waals surface area (Å²) < 4.78 is 26.3. The molecule has 2 unspecified atom stereocenters. The molecule has 1 aromatic rings. The van der Waals surface area contributed by atoms with Crippen LogP contribution in [-0.2, 0) is 14.8 Å². The number of carbonyl (C=O) groups is 1. The molecule has 1 aromatic carbocycles. The summed E-state index contributed by atoms with van der Waals surface area (Å²) in [4.78, 5) is 11.0. The highest BCUT2D eigenvalue weighted by molar-refractivity contribution is 7.89. The molecule has 106 valence electrons. The lowest BCUT2D eigenvalue weighted by Gasteiger charge is -2.13. The lowest BCUT2D eigenvalue weighted by Crippen LogP contribution is -2.42. The molecule has 0 spiro atoms. The molecule has 6 nitrogen and oxygen atoms in total. The second kappa shape index (κ2) is 6.14. The second-order valence-corrected chi connectivity index (χ2v) is 6.05. The van der Waals surface area contributed by atoms with Crippen LogP contribution in [0.15, 0.2) is 29.2 Å². The number of hydrogen-bond donors (Lipinski definition) is 3. The molecule has 0 aliphatic carbocycles. The molecule has 0 saturated carbocycles. The minimum atomic E-state index is -3.78. The monoisotopic (exact) mass is 285 g/mol. The zero-order valence-electron chi connectivity index (χ0n) is 11.0. The van der Waals surface area contributed by atoms with Gasteiger partial charge in [0.05, 0.1) is 10.9 Å². The highest BCUT2D eigenvalue weighted by atomic mass is 32.2. The molecule has 0 fully saturated rings. The van der Waals surface area contributed by atoms with Gasteiger partial charge in [0.25, 0.3) is 0 Å². The summed E-state index contributed by atoms with van der Waals surface area (Å²) in [5.74, 6) is -0.731. The van der Waals surface area contributed by atoms with Crippen molar-refractivity contribution in [2.24, 2.45) is 11.5 Å². The molecule has 0 aromatic heterocycles. The third kappa shape index (κ3) is 4.02. The van der Waals surface area contributed by atoms with Crippen molar-refractivity contribution in [3.8, 4) is 0 Å². The summed E-state index contributed by atoms with van der Waals surface area (Å²) in [5, 5.41) is 0. The molecule has 0 aliphatic heterocycles. The average molecular weight is 285 g/mol. The van der Waals surface area contributed by atoms with Gasteiger partial charge in [0.15, 0.2) is 0 Å². The van der Waals surface area contributed by atoms with E-state index in [1.54, 1.807) is 12.1 Å². The van der Waals surface area contributed by atoms with Gasteiger partial charge < -0.3 is 11.5 Å². The first-order valence-electron chi connectivity index (χ1n) is 5.95. The maximum atomic E-state index is 12.1. The SMILES string of the molecule is CCC(N)c1cccc(S(=O)(=O)NC(C)C(N)=O)c1. The Morgan fingerprint density at radius 1 is 1.42 bits per heavy atom. The molecule has 0 bridgehead atoms. The van der Waals surface area contributed by atoms with E-state index in [2.05, 4.69) is 4.72 Å². The Bertz CT molecular complexity index is 557. The first-order chi connectivity index (χ1) is 8.77. The highest BCUT2D eigenvalue weighted by Crippen LogP contribution is 2.18. The zero-order chi connectivity index (χ0) is 14.6. The van der Waals surface area contributed by atoms with Gasteiger partial charge in [-0.1, -0.05) is 19.1 Å². The van der Waals surface area contributed by atoms with Gasteiger partial charge in [-0.2, -0.15) is 4.72 Å². The number of benzene rings is 1. The normalized spacial score (nSPS) is 14.9. The molecule has 0 heterocycles. The standard InChI is InChI=1S/C12H19N3O3S/c1-3-11(13)9-5-4-6-10(7-9)19(17,18)15-8(2)12(14)16/h4-8,11,15H,3,13H2,1-2H3,(H2,14,16). The molecule has 0 radical (unpaired) electrons. The molecule has 5 N–H and O–H groups in total. The highest BCUT2D eigenvalue weighted by Gasteiger charge is 2.20.